The van der Waals surface area contributed by atoms with E-state index in [1.165, 1.54) is 94.3 Å². The molecule has 0 radical (unpaired) electrons. The minimum absolute atomic E-state index is 0.304. The molecule has 1 heteroatoms. The predicted octanol–water partition coefficient (Wildman–Crippen LogP) is 12.4. The van der Waals surface area contributed by atoms with E-state index < -0.39 is 0 Å². The van der Waals surface area contributed by atoms with Gasteiger partial charge >= 0.3 is 0 Å². The van der Waals surface area contributed by atoms with Gasteiger partial charge < -0.3 is 4.57 Å². The highest BCUT2D eigenvalue weighted by Crippen LogP contribution is 2.62. The molecule has 0 atom stereocenters. The van der Waals surface area contributed by atoms with Crippen LogP contribution >= 0.6 is 0 Å². The Kier molecular flexibility index (Phi) is 6.00. The van der Waals surface area contributed by atoms with E-state index in [0.29, 0.717) is 0 Å². The van der Waals surface area contributed by atoms with Gasteiger partial charge in [-0.25, -0.2) is 0 Å². The highest BCUT2D eigenvalue weighted by molar-refractivity contribution is 6.10. The third kappa shape index (κ3) is 3.98. The van der Waals surface area contributed by atoms with Gasteiger partial charge in [-0.15, -0.1) is 0 Å². The van der Waals surface area contributed by atoms with E-state index in [-0.39, 0.29) is 5.41 Å². The van der Waals surface area contributed by atoms with Crippen molar-refractivity contribution in [2.24, 2.45) is 0 Å². The third-order valence-electron chi connectivity index (χ3n) is 11.4. The van der Waals surface area contributed by atoms with Crippen molar-refractivity contribution >= 4 is 21.8 Å². The summed E-state index contributed by atoms with van der Waals surface area (Å²) in [5.74, 6) is 0. The SMILES string of the molecule is c1ccc(-n2c3ccccc3c3cc(-c4ccc(Cc5ccc6c(c5)C5(c7ccccc7-c7ccccc75)c5ccccc5-6)cc4)ccc32)cc1. The molecule has 1 aromatic heterocycles. The molecule has 1 spiro atoms. The first kappa shape index (κ1) is 28.4. The van der Waals surface area contributed by atoms with Crippen LogP contribution in [0.25, 0.3) is 60.9 Å². The Hall–Kier alpha value is -6.44. The van der Waals surface area contributed by atoms with Gasteiger partial charge in [-0.2, -0.15) is 0 Å². The van der Waals surface area contributed by atoms with Crippen LogP contribution in [0, 0.1) is 0 Å². The summed E-state index contributed by atoms with van der Waals surface area (Å²) < 4.78 is 2.37. The summed E-state index contributed by atoms with van der Waals surface area (Å²) in [6.45, 7) is 0. The van der Waals surface area contributed by atoms with Gasteiger partial charge in [0.15, 0.2) is 0 Å². The van der Waals surface area contributed by atoms with Crippen molar-refractivity contribution in [1.82, 2.24) is 4.57 Å². The molecule has 0 aliphatic heterocycles. The summed E-state index contributed by atoms with van der Waals surface area (Å²) >= 11 is 0. The van der Waals surface area contributed by atoms with Crippen LogP contribution in [0.1, 0.15) is 33.4 Å². The summed E-state index contributed by atoms with van der Waals surface area (Å²) in [5.41, 5.74) is 19.4. The van der Waals surface area contributed by atoms with Gasteiger partial charge in [-0.1, -0.05) is 158 Å². The fourth-order valence-corrected chi connectivity index (χ4v) is 9.31. The topological polar surface area (TPSA) is 4.93 Å². The number of hydrogen-bond acceptors (Lipinski definition) is 0. The molecule has 0 N–H and O–H groups in total. The number of fused-ring (bicyclic) bond motifs is 13. The molecule has 1 heterocycles. The maximum atomic E-state index is 2.50. The minimum atomic E-state index is -0.304. The second-order valence-corrected chi connectivity index (χ2v) is 14.1. The Labute approximate surface area is 297 Å². The number of nitrogens with zero attached hydrogens (tertiary/aromatic N) is 1. The van der Waals surface area contributed by atoms with Crippen LogP contribution in [-0.4, -0.2) is 4.57 Å². The molecule has 0 saturated carbocycles. The maximum absolute atomic E-state index is 2.50. The number of rotatable bonds is 4. The summed E-state index contributed by atoms with van der Waals surface area (Å²) in [4.78, 5) is 0. The zero-order valence-corrected chi connectivity index (χ0v) is 28.1. The normalized spacial score (nSPS) is 13.3. The van der Waals surface area contributed by atoms with E-state index in [2.05, 4.69) is 193 Å². The van der Waals surface area contributed by atoms with Gasteiger partial charge in [-0.05, 0) is 104 Å². The number of hydrogen-bond donors (Lipinski definition) is 0. The Morgan fingerprint density at radius 1 is 0.353 bits per heavy atom. The van der Waals surface area contributed by atoms with Crippen molar-refractivity contribution in [1.29, 1.82) is 0 Å². The predicted molar refractivity (Wildman–Crippen MR) is 212 cm³/mol. The molecule has 0 bridgehead atoms. The Morgan fingerprint density at radius 3 is 1.57 bits per heavy atom. The zero-order valence-electron chi connectivity index (χ0n) is 28.1. The molecule has 2 aliphatic carbocycles. The van der Waals surface area contributed by atoms with Gasteiger partial charge in [-0.3, -0.25) is 0 Å². The Bertz CT molecular complexity index is 2750. The van der Waals surface area contributed by atoms with Crippen LogP contribution in [0.4, 0.5) is 0 Å². The molecular formula is C50H33N. The minimum Gasteiger partial charge on any atom is -0.309 e. The average Bonchev–Trinajstić information content (AvgIpc) is 3.80. The molecule has 0 unspecified atom stereocenters. The monoisotopic (exact) mass is 647 g/mol. The number of benzene rings is 8. The number of aromatic nitrogens is 1. The van der Waals surface area contributed by atoms with Crippen molar-refractivity contribution in [3.63, 3.8) is 0 Å². The largest absolute Gasteiger partial charge is 0.309 e. The summed E-state index contributed by atoms with van der Waals surface area (Å²) in [6.07, 6.45) is 0.882. The van der Waals surface area contributed by atoms with Crippen LogP contribution in [0.15, 0.2) is 188 Å². The Balaban J connectivity index is 0.974. The molecule has 11 rings (SSSR count). The maximum Gasteiger partial charge on any atom is 0.0725 e. The molecule has 0 fully saturated rings. The molecule has 0 saturated heterocycles. The van der Waals surface area contributed by atoms with E-state index >= 15 is 0 Å². The highest BCUT2D eigenvalue weighted by Gasteiger charge is 2.51. The molecular weight excluding hydrogens is 615 g/mol. The van der Waals surface area contributed by atoms with Crippen molar-refractivity contribution < 1.29 is 0 Å². The van der Waals surface area contributed by atoms with Gasteiger partial charge in [0.25, 0.3) is 0 Å². The van der Waals surface area contributed by atoms with E-state index in [0.717, 1.165) is 6.42 Å². The molecule has 51 heavy (non-hydrogen) atoms. The van der Waals surface area contributed by atoms with Crippen molar-refractivity contribution in [3.05, 3.63) is 221 Å². The van der Waals surface area contributed by atoms with E-state index in [4.69, 9.17) is 0 Å². The lowest BCUT2D eigenvalue weighted by Gasteiger charge is -2.30. The molecule has 8 aromatic carbocycles. The third-order valence-corrected chi connectivity index (χ3v) is 11.4. The van der Waals surface area contributed by atoms with Crippen molar-refractivity contribution in [3.8, 4) is 39.1 Å². The highest BCUT2D eigenvalue weighted by atomic mass is 15.0. The van der Waals surface area contributed by atoms with E-state index in [1.54, 1.807) is 0 Å². The van der Waals surface area contributed by atoms with Crippen molar-refractivity contribution in [2.45, 2.75) is 11.8 Å². The van der Waals surface area contributed by atoms with Crippen LogP contribution in [-0.2, 0) is 11.8 Å². The first-order valence-corrected chi connectivity index (χ1v) is 17.9. The van der Waals surface area contributed by atoms with Gasteiger partial charge in [0, 0.05) is 16.5 Å². The fourth-order valence-electron chi connectivity index (χ4n) is 9.31. The smallest absolute Gasteiger partial charge is 0.0725 e. The van der Waals surface area contributed by atoms with Crippen LogP contribution < -0.4 is 0 Å². The summed E-state index contributed by atoms with van der Waals surface area (Å²) in [5, 5.41) is 2.55. The number of para-hydroxylation sites is 2. The lowest BCUT2D eigenvalue weighted by atomic mass is 9.70. The van der Waals surface area contributed by atoms with E-state index in [1.807, 2.05) is 0 Å². The molecule has 9 aromatic rings. The molecule has 0 amide bonds. The van der Waals surface area contributed by atoms with Gasteiger partial charge in [0.2, 0.25) is 0 Å². The van der Waals surface area contributed by atoms with Crippen molar-refractivity contribution in [2.75, 3.05) is 0 Å². The van der Waals surface area contributed by atoms with E-state index in [9.17, 15) is 0 Å². The fraction of sp³-hybridized carbons (Fsp3) is 0.0400. The quantitative estimate of drug-likeness (QED) is 0.179. The molecule has 238 valence electrons. The molecule has 2 aliphatic rings. The van der Waals surface area contributed by atoms with Crippen LogP contribution in [0.5, 0.6) is 0 Å². The van der Waals surface area contributed by atoms with Crippen LogP contribution in [0.2, 0.25) is 0 Å². The van der Waals surface area contributed by atoms with Gasteiger partial charge in [0.05, 0.1) is 16.4 Å². The summed E-state index contributed by atoms with van der Waals surface area (Å²) in [7, 11) is 0. The lowest BCUT2D eigenvalue weighted by Crippen LogP contribution is -2.26. The second-order valence-electron chi connectivity index (χ2n) is 14.1. The Morgan fingerprint density at radius 2 is 0.882 bits per heavy atom. The van der Waals surface area contributed by atoms with Crippen LogP contribution in [0.3, 0.4) is 0 Å². The first-order valence-electron chi connectivity index (χ1n) is 17.9. The zero-order chi connectivity index (χ0) is 33.5. The summed E-state index contributed by atoms with van der Waals surface area (Å²) in [6, 6.07) is 69.8. The van der Waals surface area contributed by atoms with Gasteiger partial charge in [0.1, 0.15) is 0 Å². The second kappa shape index (κ2) is 10.8. The standard InChI is InChI=1S/C50H33N/c1-2-12-37(13-3-1)51-48-21-11-7-17-42(48)43-32-36(27-29-49(43)51)35-25-22-33(23-26-35)30-34-24-28-41-40-16-6-10-20-46(40)50(47(41)31-34)44-18-8-4-14-38(44)39-15-5-9-19-45(39)50/h1-29,31-32H,30H2. The molecule has 1 nitrogen and oxygen atoms in total. The average molecular weight is 648 g/mol. The first-order chi connectivity index (χ1) is 25.3. The lowest BCUT2D eigenvalue weighted by molar-refractivity contribution is 0.792.